The highest BCUT2D eigenvalue weighted by Crippen LogP contribution is 2.37. The molecule has 2 heterocycles. The van der Waals surface area contributed by atoms with Crippen molar-refractivity contribution in [2.24, 2.45) is 0 Å². The second-order valence-electron chi connectivity index (χ2n) is 9.34. The van der Waals surface area contributed by atoms with Crippen LogP contribution in [0.5, 0.6) is 0 Å². The van der Waals surface area contributed by atoms with Crippen molar-refractivity contribution in [3.05, 3.63) is 34.2 Å². The van der Waals surface area contributed by atoms with E-state index in [1.807, 2.05) is 39.8 Å². The summed E-state index contributed by atoms with van der Waals surface area (Å²) in [5, 5.41) is 21.5. The number of hydrogen-bond donors (Lipinski definition) is 2. The first-order valence-electron chi connectivity index (χ1n) is 11.5. The lowest BCUT2D eigenvalue weighted by Crippen LogP contribution is -2.54. The molecule has 2 aliphatic rings. The Morgan fingerprint density at radius 1 is 1.33 bits per heavy atom. The van der Waals surface area contributed by atoms with Gasteiger partial charge in [0.1, 0.15) is 0 Å². The molecule has 9 nitrogen and oxygen atoms in total. The van der Waals surface area contributed by atoms with Crippen LogP contribution in [0.4, 0.5) is 16.5 Å². The molecule has 1 saturated heterocycles. The maximum atomic E-state index is 12.3. The monoisotopic (exact) mass is 477 g/mol. The molecule has 0 radical (unpaired) electrons. The lowest BCUT2D eigenvalue weighted by molar-refractivity contribution is 0.0349. The molecule has 1 aromatic carbocycles. The minimum atomic E-state index is -0.276. The zero-order valence-electron chi connectivity index (χ0n) is 19.5. The number of amides is 1. The number of rotatable bonds is 6. The second kappa shape index (κ2) is 9.87. The molecular formula is C23H32ClN5O4. The predicted octanol–water partition coefficient (Wildman–Crippen LogP) is 4.06. The Bertz CT molecular complexity index is 991. The van der Waals surface area contributed by atoms with Crippen LogP contribution in [0.3, 0.4) is 0 Å². The van der Waals surface area contributed by atoms with Gasteiger partial charge in [-0.05, 0) is 63.8 Å². The molecule has 180 valence electrons. The Morgan fingerprint density at radius 2 is 2.09 bits per heavy atom. The summed E-state index contributed by atoms with van der Waals surface area (Å²) in [7, 11) is 0. The first-order chi connectivity index (χ1) is 15.7. The normalized spacial score (nSPS) is 23.5. The molecule has 2 fully saturated rings. The molecule has 10 heteroatoms. The van der Waals surface area contributed by atoms with Crippen LogP contribution in [0.15, 0.2) is 16.5 Å². The highest BCUT2D eigenvalue weighted by Gasteiger charge is 2.33. The lowest BCUT2D eigenvalue weighted by atomic mass is 9.82. The fourth-order valence-electron chi connectivity index (χ4n) is 4.34. The predicted molar refractivity (Wildman–Crippen MR) is 125 cm³/mol. The van der Waals surface area contributed by atoms with Crippen molar-refractivity contribution in [2.45, 2.75) is 71.2 Å². The number of aliphatic hydroxyl groups is 1. The van der Waals surface area contributed by atoms with Crippen LogP contribution in [-0.2, 0) is 11.3 Å². The van der Waals surface area contributed by atoms with E-state index in [0.717, 1.165) is 29.9 Å². The van der Waals surface area contributed by atoms with Crippen molar-refractivity contribution >= 4 is 29.4 Å². The number of benzene rings is 1. The molecule has 2 aromatic rings. The molecule has 1 atom stereocenters. The number of piperazine rings is 1. The van der Waals surface area contributed by atoms with Crippen LogP contribution in [0.1, 0.15) is 56.5 Å². The summed E-state index contributed by atoms with van der Waals surface area (Å²) in [5.74, 6) is 0.670. The van der Waals surface area contributed by atoms with Gasteiger partial charge in [-0.2, -0.15) is 0 Å². The largest absolute Gasteiger partial charge is 0.447 e. The molecule has 2 N–H and O–H groups in total. The molecular weight excluding hydrogens is 446 g/mol. The fraction of sp³-hybridized carbons (Fsp3) is 0.609. The van der Waals surface area contributed by atoms with E-state index in [2.05, 4.69) is 20.4 Å². The van der Waals surface area contributed by atoms with Crippen molar-refractivity contribution in [1.82, 2.24) is 20.0 Å². The summed E-state index contributed by atoms with van der Waals surface area (Å²) in [6.45, 7) is 10.6. The number of hydrogen-bond acceptors (Lipinski definition) is 8. The van der Waals surface area contributed by atoms with Crippen LogP contribution in [0.2, 0.25) is 5.02 Å². The van der Waals surface area contributed by atoms with Gasteiger partial charge in [-0.25, -0.2) is 4.79 Å². The summed E-state index contributed by atoms with van der Waals surface area (Å²) in [6, 6.07) is 4.19. The topological polar surface area (TPSA) is 104 Å². The standard InChI is InChI=1S/C23H32ClN5O4/c1-13(2)32-23(31)29-6-5-28(11-14(29)3)12-17-7-18(24)10-20(15(17)4)25-22-27-26-21(33-22)16-8-19(30)9-16/h7,10,13-14,16,19,30H,5-6,8-9,11-12H2,1-4H3,(H,25,27)/t14-,16?,19?/m0/s1. The third kappa shape index (κ3) is 5.59. The molecule has 1 aromatic heterocycles. The van der Waals surface area contributed by atoms with Gasteiger partial charge in [-0.3, -0.25) is 4.90 Å². The van der Waals surface area contributed by atoms with Crippen molar-refractivity contribution in [3.8, 4) is 0 Å². The van der Waals surface area contributed by atoms with Crippen molar-refractivity contribution < 1.29 is 19.1 Å². The highest BCUT2D eigenvalue weighted by molar-refractivity contribution is 6.31. The van der Waals surface area contributed by atoms with Gasteiger partial charge >= 0.3 is 12.1 Å². The van der Waals surface area contributed by atoms with E-state index in [4.69, 9.17) is 20.8 Å². The van der Waals surface area contributed by atoms with E-state index in [-0.39, 0.29) is 30.3 Å². The van der Waals surface area contributed by atoms with Crippen LogP contribution < -0.4 is 5.32 Å². The molecule has 1 amide bonds. The molecule has 1 saturated carbocycles. The molecule has 1 aliphatic carbocycles. The number of aromatic nitrogens is 2. The number of aliphatic hydroxyl groups excluding tert-OH is 1. The van der Waals surface area contributed by atoms with E-state index >= 15 is 0 Å². The third-order valence-corrected chi connectivity index (χ3v) is 6.52. The zero-order valence-corrected chi connectivity index (χ0v) is 20.3. The molecule has 0 bridgehead atoms. The second-order valence-corrected chi connectivity index (χ2v) is 9.78. The van der Waals surface area contributed by atoms with E-state index in [1.165, 1.54) is 0 Å². The first-order valence-corrected chi connectivity index (χ1v) is 11.8. The minimum Gasteiger partial charge on any atom is -0.447 e. The minimum absolute atomic E-state index is 0.0592. The Morgan fingerprint density at radius 3 is 2.76 bits per heavy atom. The van der Waals surface area contributed by atoms with Gasteiger partial charge in [0.2, 0.25) is 5.89 Å². The van der Waals surface area contributed by atoms with Gasteiger partial charge in [0.25, 0.3) is 0 Å². The van der Waals surface area contributed by atoms with E-state index in [1.54, 1.807) is 4.90 Å². The summed E-state index contributed by atoms with van der Waals surface area (Å²) in [5.41, 5.74) is 2.96. The summed E-state index contributed by atoms with van der Waals surface area (Å²) in [6.07, 6.45) is 0.656. The SMILES string of the molecule is Cc1c(CN2CCN(C(=O)OC(C)C)[C@@H](C)C2)cc(Cl)cc1Nc1nnc(C2CC(O)C2)o1. The molecule has 0 unspecified atom stereocenters. The quantitative estimate of drug-likeness (QED) is 0.641. The average molecular weight is 478 g/mol. The van der Waals surface area contributed by atoms with E-state index < -0.39 is 0 Å². The number of nitrogens with one attached hydrogen (secondary N) is 1. The van der Waals surface area contributed by atoms with Gasteiger partial charge in [-0.15, -0.1) is 5.10 Å². The number of nitrogens with zero attached hydrogens (tertiary/aromatic N) is 4. The number of ether oxygens (including phenoxy) is 1. The number of carbonyl (C=O) groups is 1. The van der Waals surface area contributed by atoms with E-state index in [0.29, 0.717) is 42.9 Å². The highest BCUT2D eigenvalue weighted by atomic mass is 35.5. The van der Waals surface area contributed by atoms with Gasteiger partial charge in [0.15, 0.2) is 0 Å². The number of halogens is 1. The molecule has 0 spiro atoms. The van der Waals surface area contributed by atoms with Gasteiger partial charge in [0, 0.05) is 48.8 Å². The van der Waals surface area contributed by atoms with Gasteiger partial charge in [0.05, 0.1) is 12.2 Å². The summed E-state index contributed by atoms with van der Waals surface area (Å²) >= 11 is 6.43. The Labute approximate surface area is 199 Å². The zero-order chi connectivity index (χ0) is 23.7. The fourth-order valence-corrected chi connectivity index (χ4v) is 4.58. The average Bonchev–Trinajstić information content (AvgIpc) is 3.16. The third-order valence-electron chi connectivity index (χ3n) is 6.30. The first kappa shape index (κ1) is 23.8. The van der Waals surface area contributed by atoms with Crippen LogP contribution in [0, 0.1) is 6.92 Å². The van der Waals surface area contributed by atoms with Gasteiger partial charge < -0.3 is 24.5 Å². The maximum Gasteiger partial charge on any atom is 0.410 e. The van der Waals surface area contributed by atoms with Crippen molar-refractivity contribution in [1.29, 1.82) is 0 Å². The summed E-state index contributed by atoms with van der Waals surface area (Å²) in [4.78, 5) is 16.4. The van der Waals surface area contributed by atoms with Gasteiger partial charge in [-0.1, -0.05) is 16.7 Å². The smallest absolute Gasteiger partial charge is 0.410 e. The van der Waals surface area contributed by atoms with Crippen LogP contribution in [-0.4, -0.2) is 69.1 Å². The number of carbonyl (C=O) groups excluding carboxylic acids is 1. The lowest BCUT2D eigenvalue weighted by Gasteiger charge is -2.39. The Balaban J connectivity index is 1.41. The van der Waals surface area contributed by atoms with E-state index in [9.17, 15) is 9.90 Å². The Kier molecular flexibility index (Phi) is 7.11. The van der Waals surface area contributed by atoms with Crippen LogP contribution in [0.25, 0.3) is 0 Å². The van der Waals surface area contributed by atoms with Crippen molar-refractivity contribution in [3.63, 3.8) is 0 Å². The van der Waals surface area contributed by atoms with Crippen LogP contribution >= 0.6 is 11.6 Å². The molecule has 33 heavy (non-hydrogen) atoms. The van der Waals surface area contributed by atoms with Crippen molar-refractivity contribution in [2.75, 3.05) is 25.0 Å². The number of anilines is 2. The molecule has 4 rings (SSSR count). The maximum absolute atomic E-state index is 12.3. The summed E-state index contributed by atoms with van der Waals surface area (Å²) < 4.78 is 11.1. The molecule has 1 aliphatic heterocycles. The Hall–Kier alpha value is -2.36.